The Bertz CT molecular complexity index is 1740. The van der Waals surface area contributed by atoms with E-state index in [2.05, 4.69) is 5.32 Å². The largest absolute Gasteiger partial charge is 0.350 e. The molecule has 0 fully saturated rings. The van der Waals surface area contributed by atoms with Crippen LogP contribution in [0.2, 0.25) is 5.02 Å². The molecule has 0 radical (unpaired) electrons. The van der Waals surface area contributed by atoms with Crippen molar-refractivity contribution in [2.75, 3.05) is 10.8 Å². The van der Waals surface area contributed by atoms with E-state index in [0.29, 0.717) is 5.02 Å². The first-order chi connectivity index (χ1) is 21.2. The van der Waals surface area contributed by atoms with Crippen molar-refractivity contribution in [1.82, 2.24) is 10.2 Å². The van der Waals surface area contributed by atoms with Gasteiger partial charge in [-0.05, 0) is 75.6 Å². The van der Waals surface area contributed by atoms with E-state index in [1.807, 2.05) is 89.2 Å². The van der Waals surface area contributed by atoms with Crippen LogP contribution in [0.4, 0.5) is 5.69 Å². The van der Waals surface area contributed by atoms with E-state index < -0.39 is 34.1 Å². The van der Waals surface area contributed by atoms with Crippen LogP contribution >= 0.6 is 11.6 Å². The molecule has 7 nitrogen and oxygen atoms in total. The fourth-order valence-corrected chi connectivity index (χ4v) is 6.60. The van der Waals surface area contributed by atoms with Gasteiger partial charge in [0, 0.05) is 23.5 Å². The highest BCUT2D eigenvalue weighted by molar-refractivity contribution is 7.92. The number of rotatable bonds is 11. The van der Waals surface area contributed by atoms with E-state index in [4.69, 9.17) is 11.6 Å². The molecular formula is C36H40ClN3O4S. The number of halogens is 1. The summed E-state index contributed by atoms with van der Waals surface area (Å²) in [5.74, 6) is -0.860. The second kappa shape index (κ2) is 14.3. The van der Waals surface area contributed by atoms with Gasteiger partial charge in [0.15, 0.2) is 0 Å². The van der Waals surface area contributed by atoms with Gasteiger partial charge < -0.3 is 10.2 Å². The molecule has 0 spiro atoms. The molecule has 4 aromatic carbocycles. The molecule has 0 bridgehead atoms. The number of nitrogens with zero attached hydrogens (tertiary/aromatic N) is 2. The van der Waals surface area contributed by atoms with Crippen LogP contribution in [0, 0.1) is 13.8 Å². The van der Waals surface area contributed by atoms with E-state index >= 15 is 0 Å². The van der Waals surface area contributed by atoms with Crippen LogP contribution in [-0.2, 0) is 32.6 Å². The Balaban J connectivity index is 1.83. The summed E-state index contributed by atoms with van der Waals surface area (Å²) in [6.07, 6.45) is 0.238. The van der Waals surface area contributed by atoms with E-state index in [-0.39, 0.29) is 29.5 Å². The third-order valence-corrected chi connectivity index (χ3v) is 9.45. The normalized spacial score (nSPS) is 12.3. The fourth-order valence-electron chi connectivity index (χ4n) is 5.00. The Morgan fingerprint density at radius 1 is 0.822 bits per heavy atom. The van der Waals surface area contributed by atoms with Gasteiger partial charge in [-0.2, -0.15) is 0 Å². The molecule has 0 aromatic heterocycles. The Labute approximate surface area is 271 Å². The molecule has 0 aliphatic carbocycles. The highest BCUT2D eigenvalue weighted by atomic mass is 35.5. The smallest absolute Gasteiger partial charge is 0.264 e. The van der Waals surface area contributed by atoms with Crippen molar-refractivity contribution in [2.24, 2.45) is 0 Å². The maximum atomic E-state index is 14.6. The van der Waals surface area contributed by atoms with Crippen LogP contribution in [0.1, 0.15) is 43.0 Å². The number of anilines is 1. The highest BCUT2D eigenvalue weighted by Gasteiger charge is 2.35. The Hall–Kier alpha value is -4.14. The third kappa shape index (κ3) is 8.96. The zero-order valence-electron chi connectivity index (χ0n) is 26.3. The molecular weight excluding hydrogens is 606 g/mol. The van der Waals surface area contributed by atoms with Crippen molar-refractivity contribution < 1.29 is 18.0 Å². The first-order valence-electron chi connectivity index (χ1n) is 14.8. The van der Waals surface area contributed by atoms with Crippen LogP contribution < -0.4 is 9.62 Å². The van der Waals surface area contributed by atoms with Crippen LogP contribution in [0.15, 0.2) is 108 Å². The molecule has 0 unspecified atom stereocenters. The van der Waals surface area contributed by atoms with Gasteiger partial charge in [0.2, 0.25) is 11.8 Å². The van der Waals surface area contributed by atoms with Gasteiger partial charge in [0.1, 0.15) is 12.6 Å². The van der Waals surface area contributed by atoms with Crippen molar-refractivity contribution >= 4 is 39.1 Å². The predicted molar refractivity (Wildman–Crippen MR) is 181 cm³/mol. The third-order valence-electron chi connectivity index (χ3n) is 7.26. The molecule has 0 aliphatic heterocycles. The van der Waals surface area contributed by atoms with E-state index in [9.17, 15) is 18.0 Å². The first-order valence-corrected chi connectivity index (χ1v) is 16.6. The van der Waals surface area contributed by atoms with Crippen LogP contribution in [0.25, 0.3) is 0 Å². The number of amides is 2. The molecule has 0 saturated carbocycles. The molecule has 4 aromatic rings. The lowest BCUT2D eigenvalue weighted by Gasteiger charge is -2.35. The molecule has 0 aliphatic rings. The number of hydrogen-bond donors (Lipinski definition) is 1. The topological polar surface area (TPSA) is 86.8 Å². The van der Waals surface area contributed by atoms with Crippen LogP contribution in [-0.4, -0.2) is 43.3 Å². The SMILES string of the molecule is Cc1cccc(CN(C(=O)CN(c2ccc(C)c(Cl)c2)S(=O)(=O)c2ccccc2)[C@H](Cc2ccccc2)C(=O)NC(C)(C)C)c1. The number of sulfonamides is 1. The highest BCUT2D eigenvalue weighted by Crippen LogP contribution is 2.29. The first kappa shape index (κ1) is 33.7. The van der Waals surface area contributed by atoms with Gasteiger partial charge in [-0.3, -0.25) is 13.9 Å². The lowest BCUT2D eigenvalue weighted by molar-refractivity contribution is -0.140. The van der Waals surface area contributed by atoms with Crippen molar-refractivity contribution in [1.29, 1.82) is 0 Å². The minimum atomic E-state index is -4.20. The summed E-state index contributed by atoms with van der Waals surface area (Å²) >= 11 is 6.45. The molecule has 0 saturated heterocycles. The van der Waals surface area contributed by atoms with Gasteiger partial charge in [-0.15, -0.1) is 0 Å². The average Bonchev–Trinajstić information content (AvgIpc) is 2.99. The van der Waals surface area contributed by atoms with Crippen molar-refractivity contribution in [2.45, 2.75) is 64.1 Å². The quantitative estimate of drug-likeness (QED) is 0.197. The lowest BCUT2D eigenvalue weighted by Crippen LogP contribution is -2.56. The number of nitrogens with one attached hydrogen (secondary N) is 1. The van der Waals surface area contributed by atoms with Gasteiger partial charge in [-0.1, -0.05) is 96.0 Å². The van der Waals surface area contributed by atoms with Gasteiger partial charge in [0.05, 0.1) is 10.6 Å². The number of aryl methyl sites for hydroxylation is 2. The summed E-state index contributed by atoms with van der Waals surface area (Å²) in [6.45, 7) is 8.98. The monoisotopic (exact) mass is 645 g/mol. The Kier molecular flexibility index (Phi) is 10.7. The van der Waals surface area contributed by atoms with Crippen molar-refractivity contribution in [3.63, 3.8) is 0 Å². The minimum Gasteiger partial charge on any atom is -0.350 e. The van der Waals surface area contributed by atoms with Crippen LogP contribution in [0.3, 0.4) is 0 Å². The van der Waals surface area contributed by atoms with Crippen molar-refractivity contribution in [3.8, 4) is 0 Å². The summed E-state index contributed by atoms with van der Waals surface area (Å²) in [6, 6.07) is 29.1. The Morgan fingerprint density at radius 3 is 2.04 bits per heavy atom. The number of carbonyl (C=O) groups excluding carboxylic acids is 2. The van der Waals surface area contributed by atoms with E-state index in [1.54, 1.807) is 36.4 Å². The van der Waals surface area contributed by atoms with Gasteiger partial charge in [0.25, 0.3) is 10.0 Å². The lowest BCUT2D eigenvalue weighted by atomic mass is 10.0. The molecule has 0 heterocycles. The Morgan fingerprint density at radius 2 is 1.44 bits per heavy atom. The minimum absolute atomic E-state index is 0.0334. The second-order valence-electron chi connectivity index (χ2n) is 12.2. The molecule has 45 heavy (non-hydrogen) atoms. The zero-order valence-corrected chi connectivity index (χ0v) is 27.9. The van der Waals surface area contributed by atoms with E-state index in [0.717, 1.165) is 26.6 Å². The molecule has 1 atom stereocenters. The fraction of sp³-hybridized carbons (Fsp3) is 0.278. The second-order valence-corrected chi connectivity index (χ2v) is 14.5. The van der Waals surface area contributed by atoms with Crippen LogP contribution in [0.5, 0.6) is 0 Å². The average molecular weight is 646 g/mol. The standard InChI is InChI=1S/C36H40ClN3O4S/c1-26-13-12-16-29(21-26)24-39(33(35(42)38-36(3,4)5)22-28-14-8-6-9-15-28)34(41)25-40(30-20-19-27(2)32(37)23-30)45(43,44)31-17-10-7-11-18-31/h6-21,23,33H,22,24-25H2,1-5H3,(H,38,42)/t33-/m1/s1. The molecule has 236 valence electrons. The maximum absolute atomic E-state index is 14.6. The molecule has 1 N–H and O–H groups in total. The molecule has 2 amide bonds. The van der Waals surface area contributed by atoms with E-state index in [1.165, 1.54) is 17.0 Å². The van der Waals surface area contributed by atoms with Crippen molar-refractivity contribution in [3.05, 3.63) is 130 Å². The maximum Gasteiger partial charge on any atom is 0.264 e. The summed E-state index contributed by atoms with van der Waals surface area (Å²) < 4.78 is 29.3. The number of benzene rings is 4. The number of carbonyl (C=O) groups is 2. The molecule has 4 rings (SSSR count). The predicted octanol–water partition coefficient (Wildman–Crippen LogP) is 6.71. The van der Waals surface area contributed by atoms with Gasteiger partial charge >= 0.3 is 0 Å². The number of hydrogen-bond acceptors (Lipinski definition) is 4. The summed E-state index contributed by atoms with van der Waals surface area (Å²) in [7, 11) is -4.20. The van der Waals surface area contributed by atoms with Gasteiger partial charge in [-0.25, -0.2) is 8.42 Å². The summed E-state index contributed by atoms with van der Waals surface area (Å²) in [5, 5.41) is 3.42. The molecule has 9 heteroatoms. The summed E-state index contributed by atoms with van der Waals surface area (Å²) in [4.78, 5) is 30.0. The zero-order chi connectivity index (χ0) is 32.8. The summed E-state index contributed by atoms with van der Waals surface area (Å²) in [5.41, 5.74) is 3.14.